The minimum atomic E-state index is -3.26. The lowest BCUT2D eigenvalue weighted by molar-refractivity contribution is 0.131. The lowest BCUT2D eigenvalue weighted by Gasteiger charge is -2.16. The van der Waals surface area contributed by atoms with Crippen LogP contribution < -0.4 is 4.72 Å². The highest BCUT2D eigenvalue weighted by molar-refractivity contribution is 7.89. The van der Waals surface area contributed by atoms with Crippen LogP contribution in [0.1, 0.15) is 25.7 Å². The first-order valence-electron chi connectivity index (χ1n) is 4.64. The molecule has 0 spiro atoms. The number of aliphatic hydroxyl groups is 1. The predicted octanol–water partition coefficient (Wildman–Crippen LogP) is 0.0867. The third-order valence-electron chi connectivity index (χ3n) is 2.65. The van der Waals surface area contributed by atoms with Crippen molar-refractivity contribution in [3.8, 4) is 0 Å². The largest absolute Gasteiger partial charge is 0.392 e. The van der Waals surface area contributed by atoms with Crippen LogP contribution >= 0.6 is 0 Å². The second-order valence-electron chi connectivity index (χ2n) is 3.60. The van der Waals surface area contributed by atoms with Gasteiger partial charge in [0.15, 0.2) is 0 Å². The average molecular weight is 207 g/mol. The number of aliphatic hydroxyl groups excluding tert-OH is 1. The van der Waals surface area contributed by atoms with Gasteiger partial charge in [0.05, 0.1) is 11.9 Å². The molecule has 1 fully saturated rings. The molecule has 0 bridgehead atoms. The summed E-state index contributed by atoms with van der Waals surface area (Å²) in [7, 11) is -1.88. The number of sulfonamides is 1. The zero-order valence-electron chi connectivity index (χ0n) is 7.86. The molecule has 1 aliphatic rings. The van der Waals surface area contributed by atoms with E-state index in [2.05, 4.69) is 4.72 Å². The van der Waals surface area contributed by atoms with Crippen molar-refractivity contribution in [2.24, 2.45) is 5.92 Å². The maximum Gasteiger partial charge on any atom is 0.213 e. The van der Waals surface area contributed by atoms with E-state index in [4.69, 9.17) is 0 Å². The van der Waals surface area contributed by atoms with Crippen molar-refractivity contribution in [2.75, 3.05) is 12.8 Å². The SMILES string of the molecule is CNS(=O)(=O)C[C@@H](O)C1CCCC1. The fourth-order valence-corrected chi connectivity index (χ4v) is 2.67. The van der Waals surface area contributed by atoms with Crippen molar-refractivity contribution in [1.29, 1.82) is 0 Å². The first kappa shape index (κ1) is 10.9. The van der Waals surface area contributed by atoms with Gasteiger partial charge >= 0.3 is 0 Å². The second-order valence-corrected chi connectivity index (χ2v) is 5.57. The van der Waals surface area contributed by atoms with Crippen molar-refractivity contribution in [3.05, 3.63) is 0 Å². The van der Waals surface area contributed by atoms with Crippen molar-refractivity contribution >= 4 is 10.0 Å². The highest BCUT2D eigenvalue weighted by Crippen LogP contribution is 2.27. The van der Waals surface area contributed by atoms with Crippen molar-refractivity contribution < 1.29 is 13.5 Å². The summed E-state index contributed by atoms with van der Waals surface area (Å²) in [5.41, 5.74) is 0. The molecule has 2 N–H and O–H groups in total. The van der Waals surface area contributed by atoms with Gasteiger partial charge in [0.1, 0.15) is 0 Å². The molecule has 0 unspecified atom stereocenters. The molecule has 0 heterocycles. The Morgan fingerprint density at radius 1 is 1.46 bits per heavy atom. The number of hydrogen-bond acceptors (Lipinski definition) is 3. The molecule has 0 aromatic rings. The van der Waals surface area contributed by atoms with Crippen LogP contribution in [0.15, 0.2) is 0 Å². The van der Waals surface area contributed by atoms with Gasteiger partial charge in [0.25, 0.3) is 0 Å². The third kappa shape index (κ3) is 3.25. The molecular weight excluding hydrogens is 190 g/mol. The van der Waals surface area contributed by atoms with Gasteiger partial charge in [-0.1, -0.05) is 12.8 Å². The molecule has 0 saturated heterocycles. The Morgan fingerprint density at radius 3 is 2.46 bits per heavy atom. The fourth-order valence-electron chi connectivity index (χ4n) is 1.79. The Hall–Kier alpha value is -0.130. The summed E-state index contributed by atoms with van der Waals surface area (Å²) in [6.45, 7) is 0. The van der Waals surface area contributed by atoms with Crippen LogP contribution in [-0.4, -0.2) is 32.4 Å². The van der Waals surface area contributed by atoms with Crippen molar-refractivity contribution in [1.82, 2.24) is 4.72 Å². The van der Waals surface area contributed by atoms with Gasteiger partial charge in [0, 0.05) is 0 Å². The zero-order chi connectivity index (χ0) is 9.90. The van der Waals surface area contributed by atoms with Crippen LogP contribution in [0.2, 0.25) is 0 Å². The summed E-state index contributed by atoms with van der Waals surface area (Å²) in [5, 5.41) is 9.60. The quantitative estimate of drug-likeness (QED) is 0.686. The van der Waals surface area contributed by atoms with Crippen LogP contribution in [-0.2, 0) is 10.0 Å². The summed E-state index contributed by atoms with van der Waals surface area (Å²) in [6.07, 6.45) is 3.45. The number of hydrogen-bond donors (Lipinski definition) is 2. The molecule has 1 atom stereocenters. The Bertz CT molecular complexity index is 244. The second kappa shape index (κ2) is 4.39. The van der Waals surface area contributed by atoms with E-state index >= 15 is 0 Å². The maximum atomic E-state index is 11.1. The van der Waals surface area contributed by atoms with E-state index in [1.807, 2.05) is 0 Å². The highest BCUT2D eigenvalue weighted by Gasteiger charge is 2.26. The van der Waals surface area contributed by atoms with Crippen LogP contribution in [0.3, 0.4) is 0 Å². The fraction of sp³-hybridized carbons (Fsp3) is 1.00. The van der Waals surface area contributed by atoms with Crippen LogP contribution in [0, 0.1) is 5.92 Å². The minimum Gasteiger partial charge on any atom is -0.392 e. The van der Waals surface area contributed by atoms with Gasteiger partial charge in [-0.3, -0.25) is 0 Å². The summed E-state index contributed by atoms with van der Waals surface area (Å²) in [4.78, 5) is 0. The predicted molar refractivity (Wildman–Crippen MR) is 50.8 cm³/mol. The lowest BCUT2D eigenvalue weighted by atomic mass is 10.0. The molecule has 1 rings (SSSR count). The first-order valence-corrected chi connectivity index (χ1v) is 6.29. The maximum absolute atomic E-state index is 11.1. The standard InChI is InChI=1S/C8H17NO3S/c1-9-13(11,12)6-8(10)7-4-2-3-5-7/h7-10H,2-6H2,1H3/t8-/m1/s1. The molecule has 1 saturated carbocycles. The van der Waals surface area contributed by atoms with Gasteiger partial charge < -0.3 is 5.11 Å². The Morgan fingerprint density at radius 2 is 2.00 bits per heavy atom. The molecule has 0 amide bonds. The topological polar surface area (TPSA) is 66.4 Å². The van der Waals surface area contributed by atoms with E-state index in [0.717, 1.165) is 25.7 Å². The zero-order valence-corrected chi connectivity index (χ0v) is 8.68. The monoisotopic (exact) mass is 207 g/mol. The van der Waals surface area contributed by atoms with Gasteiger partial charge in [-0.25, -0.2) is 13.1 Å². The smallest absolute Gasteiger partial charge is 0.213 e. The Kier molecular flexibility index (Phi) is 3.70. The van der Waals surface area contributed by atoms with E-state index in [1.165, 1.54) is 7.05 Å². The number of nitrogens with one attached hydrogen (secondary N) is 1. The summed E-state index contributed by atoms with van der Waals surface area (Å²) >= 11 is 0. The molecule has 0 aliphatic heterocycles. The molecule has 0 aromatic carbocycles. The van der Waals surface area contributed by atoms with Crippen molar-refractivity contribution in [3.63, 3.8) is 0 Å². The molecular formula is C8H17NO3S. The summed E-state index contributed by atoms with van der Waals surface area (Å²) in [6, 6.07) is 0. The molecule has 1 aliphatic carbocycles. The van der Waals surface area contributed by atoms with E-state index in [1.54, 1.807) is 0 Å². The normalized spacial score (nSPS) is 22.0. The van der Waals surface area contributed by atoms with Crippen LogP contribution in [0.5, 0.6) is 0 Å². The molecule has 4 nitrogen and oxygen atoms in total. The van der Waals surface area contributed by atoms with Gasteiger partial charge in [0.2, 0.25) is 10.0 Å². The Balaban J connectivity index is 2.44. The Labute approximate surface area is 79.4 Å². The molecule has 0 aromatic heterocycles. The molecule has 13 heavy (non-hydrogen) atoms. The minimum absolute atomic E-state index is 0.159. The van der Waals surface area contributed by atoms with E-state index in [0.29, 0.717) is 0 Å². The average Bonchev–Trinajstić information content (AvgIpc) is 2.55. The number of rotatable bonds is 4. The van der Waals surface area contributed by atoms with Gasteiger partial charge in [-0.2, -0.15) is 0 Å². The molecule has 0 radical (unpaired) electrons. The summed E-state index contributed by atoms with van der Waals surface area (Å²) < 4.78 is 24.4. The van der Waals surface area contributed by atoms with Crippen LogP contribution in [0.25, 0.3) is 0 Å². The first-order chi connectivity index (χ1) is 6.05. The lowest BCUT2D eigenvalue weighted by Crippen LogP contribution is -2.33. The van der Waals surface area contributed by atoms with E-state index in [-0.39, 0.29) is 11.7 Å². The molecule has 78 valence electrons. The van der Waals surface area contributed by atoms with E-state index < -0.39 is 16.1 Å². The van der Waals surface area contributed by atoms with E-state index in [9.17, 15) is 13.5 Å². The third-order valence-corrected chi connectivity index (χ3v) is 4.05. The highest BCUT2D eigenvalue weighted by atomic mass is 32.2. The van der Waals surface area contributed by atoms with Crippen LogP contribution in [0.4, 0.5) is 0 Å². The summed E-state index contributed by atoms with van der Waals surface area (Å²) in [5.74, 6) is 0.0249. The van der Waals surface area contributed by atoms with Crippen molar-refractivity contribution in [2.45, 2.75) is 31.8 Å². The van der Waals surface area contributed by atoms with Gasteiger partial charge in [-0.15, -0.1) is 0 Å². The van der Waals surface area contributed by atoms with Gasteiger partial charge in [-0.05, 0) is 25.8 Å². The molecule has 5 heteroatoms.